The summed E-state index contributed by atoms with van der Waals surface area (Å²) < 4.78 is 14.6. The third-order valence-electron chi connectivity index (χ3n) is 5.23. The first-order valence-electron chi connectivity index (χ1n) is 8.72. The number of rotatable bonds is 5. The third-order valence-corrected chi connectivity index (χ3v) is 5.23. The molecule has 2 aliphatic heterocycles. The van der Waals surface area contributed by atoms with Crippen molar-refractivity contribution in [3.05, 3.63) is 54.1 Å². The van der Waals surface area contributed by atoms with E-state index in [9.17, 15) is 0 Å². The van der Waals surface area contributed by atoms with Crippen molar-refractivity contribution in [2.45, 2.75) is 37.7 Å². The fourth-order valence-electron chi connectivity index (χ4n) is 3.91. The zero-order valence-electron chi connectivity index (χ0n) is 14.2. The maximum atomic E-state index is 6.32. The highest BCUT2D eigenvalue weighted by Crippen LogP contribution is 2.37. The smallest absolute Gasteiger partial charge is 0.108 e. The van der Waals surface area contributed by atoms with Gasteiger partial charge in [0.15, 0.2) is 0 Å². The van der Waals surface area contributed by atoms with E-state index in [4.69, 9.17) is 9.47 Å². The van der Waals surface area contributed by atoms with Crippen LogP contribution in [0.2, 0.25) is 0 Å². The molecule has 1 aromatic carbocycles. The Kier molecular flexibility index (Phi) is 4.39. The molecule has 3 heterocycles. The zero-order chi connectivity index (χ0) is 16.4. The minimum Gasteiger partial charge on any atom is -0.371 e. The van der Waals surface area contributed by atoms with E-state index in [-0.39, 0.29) is 11.7 Å². The molecule has 0 saturated carbocycles. The first kappa shape index (κ1) is 15.8. The monoisotopic (exact) mass is 327 g/mol. The number of ether oxygens (including phenoxy) is 2. The molecule has 2 fully saturated rings. The average molecular weight is 327 g/mol. The van der Waals surface area contributed by atoms with E-state index >= 15 is 0 Å². The van der Waals surface area contributed by atoms with E-state index in [2.05, 4.69) is 38.7 Å². The van der Waals surface area contributed by atoms with Gasteiger partial charge in [0.05, 0.1) is 18.6 Å². The van der Waals surface area contributed by atoms with Crippen LogP contribution in [0, 0.1) is 0 Å². The van der Waals surface area contributed by atoms with Crippen molar-refractivity contribution in [1.29, 1.82) is 0 Å². The lowest BCUT2D eigenvalue weighted by molar-refractivity contribution is -0.0959. The predicted octanol–water partition coefficient (Wildman–Crippen LogP) is 2.37. The highest BCUT2D eigenvalue weighted by atomic mass is 16.6. The molecule has 0 aliphatic carbocycles. The lowest BCUT2D eigenvalue weighted by Crippen LogP contribution is -2.42. The molecule has 4 rings (SSSR count). The Hall–Kier alpha value is -1.69. The van der Waals surface area contributed by atoms with Gasteiger partial charge in [-0.25, -0.2) is 4.98 Å². The minimum absolute atomic E-state index is 0.132. The van der Waals surface area contributed by atoms with Crippen LogP contribution in [0.4, 0.5) is 0 Å². The van der Waals surface area contributed by atoms with Gasteiger partial charge in [-0.15, -0.1) is 0 Å². The molecule has 2 saturated heterocycles. The molecular weight excluding hydrogens is 302 g/mol. The molecule has 0 radical (unpaired) electrons. The molecule has 24 heavy (non-hydrogen) atoms. The Morgan fingerprint density at radius 3 is 2.92 bits per heavy atom. The number of aromatic nitrogens is 2. The number of imidazole rings is 1. The van der Waals surface area contributed by atoms with E-state index in [1.54, 1.807) is 0 Å². The third kappa shape index (κ3) is 3.11. The van der Waals surface area contributed by atoms with Crippen molar-refractivity contribution in [3.63, 3.8) is 0 Å². The van der Waals surface area contributed by atoms with E-state index in [1.165, 1.54) is 11.3 Å². The molecule has 0 bridgehead atoms. The second kappa shape index (κ2) is 6.67. The molecule has 5 nitrogen and oxygen atoms in total. The van der Waals surface area contributed by atoms with Crippen LogP contribution in [0.3, 0.4) is 0 Å². The van der Waals surface area contributed by atoms with Gasteiger partial charge < -0.3 is 14.0 Å². The molecule has 2 aliphatic rings. The largest absolute Gasteiger partial charge is 0.371 e. The molecule has 0 amide bonds. The lowest BCUT2D eigenvalue weighted by atomic mass is 9.96. The Morgan fingerprint density at radius 2 is 2.21 bits per heavy atom. The van der Waals surface area contributed by atoms with Crippen LogP contribution in [0.1, 0.15) is 24.1 Å². The van der Waals surface area contributed by atoms with Gasteiger partial charge in [-0.2, -0.15) is 0 Å². The van der Waals surface area contributed by atoms with Crippen LogP contribution in [0.25, 0.3) is 0 Å². The van der Waals surface area contributed by atoms with Gasteiger partial charge in [-0.3, -0.25) is 4.90 Å². The van der Waals surface area contributed by atoms with E-state index in [0.717, 1.165) is 39.1 Å². The second-order valence-electron chi connectivity index (χ2n) is 6.97. The molecule has 5 heteroatoms. The van der Waals surface area contributed by atoms with Crippen LogP contribution in [0.15, 0.2) is 42.9 Å². The SMILES string of the molecule is Cn1cncc1CN1C[C@H](OCc2ccccc2)[C@]2(CCCO2)C1. The summed E-state index contributed by atoms with van der Waals surface area (Å²) in [6.45, 7) is 4.25. The Balaban J connectivity index is 1.44. The first-order valence-corrected chi connectivity index (χ1v) is 8.72. The van der Waals surface area contributed by atoms with Crippen LogP contribution in [-0.2, 0) is 29.7 Å². The summed E-state index contributed by atoms with van der Waals surface area (Å²) in [7, 11) is 2.05. The Morgan fingerprint density at radius 1 is 1.33 bits per heavy atom. The van der Waals surface area contributed by atoms with Gasteiger partial charge in [0.2, 0.25) is 0 Å². The summed E-state index contributed by atoms with van der Waals surface area (Å²) >= 11 is 0. The van der Waals surface area contributed by atoms with Crippen LogP contribution in [0.5, 0.6) is 0 Å². The van der Waals surface area contributed by atoms with E-state index in [1.807, 2.05) is 25.6 Å². The summed E-state index contributed by atoms with van der Waals surface area (Å²) in [6.07, 6.45) is 6.16. The molecule has 0 unspecified atom stereocenters. The van der Waals surface area contributed by atoms with Gasteiger partial charge in [0, 0.05) is 39.5 Å². The average Bonchev–Trinajstić information content (AvgIpc) is 3.30. The number of hydrogen-bond donors (Lipinski definition) is 0. The fourth-order valence-corrected chi connectivity index (χ4v) is 3.91. The maximum absolute atomic E-state index is 6.32. The number of aryl methyl sites for hydroxylation is 1. The Bertz CT molecular complexity index is 664. The van der Waals surface area contributed by atoms with Gasteiger partial charge in [-0.1, -0.05) is 30.3 Å². The van der Waals surface area contributed by atoms with Crippen LogP contribution < -0.4 is 0 Å². The first-order chi connectivity index (χ1) is 11.8. The van der Waals surface area contributed by atoms with Crippen molar-refractivity contribution in [2.75, 3.05) is 19.7 Å². The normalized spacial score (nSPS) is 27.3. The highest BCUT2D eigenvalue weighted by Gasteiger charge is 2.50. The van der Waals surface area contributed by atoms with E-state index in [0.29, 0.717) is 6.61 Å². The quantitative estimate of drug-likeness (QED) is 0.845. The van der Waals surface area contributed by atoms with Crippen molar-refractivity contribution in [2.24, 2.45) is 7.05 Å². The molecule has 2 atom stereocenters. The standard InChI is InChI=1S/C19H25N3O2/c1-21-15-20-10-17(21)11-22-12-18(19(14-22)8-5-9-24-19)23-13-16-6-3-2-4-7-16/h2-4,6-7,10,15,18H,5,8-9,11-14H2,1H3/t18-,19-/m0/s1. The minimum atomic E-state index is -0.132. The van der Waals surface area contributed by atoms with Crippen molar-refractivity contribution >= 4 is 0 Å². The lowest BCUT2D eigenvalue weighted by Gasteiger charge is -2.29. The topological polar surface area (TPSA) is 39.5 Å². The van der Waals surface area contributed by atoms with Gasteiger partial charge in [0.1, 0.15) is 11.7 Å². The highest BCUT2D eigenvalue weighted by molar-refractivity contribution is 5.14. The van der Waals surface area contributed by atoms with Crippen molar-refractivity contribution in [1.82, 2.24) is 14.5 Å². The maximum Gasteiger partial charge on any atom is 0.108 e. The molecule has 0 N–H and O–H groups in total. The van der Waals surface area contributed by atoms with Crippen LogP contribution >= 0.6 is 0 Å². The van der Waals surface area contributed by atoms with E-state index < -0.39 is 0 Å². The Labute approximate surface area is 143 Å². The van der Waals surface area contributed by atoms with Crippen molar-refractivity contribution < 1.29 is 9.47 Å². The number of benzene rings is 1. The number of hydrogen-bond acceptors (Lipinski definition) is 4. The fraction of sp³-hybridized carbons (Fsp3) is 0.526. The molecule has 128 valence electrons. The van der Waals surface area contributed by atoms with Crippen LogP contribution in [-0.4, -0.2) is 45.9 Å². The summed E-state index contributed by atoms with van der Waals surface area (Å²) in [6, 6.07) is 10.4. The summed E-state index contributed by atoms with van der Waals surface area (Å²) in [5.41, 5.74) is 2.32. The second-order valence-corrected chi connectivity index (χ2v) is 6.97. The molecule has 1 spiro atoms. The van der Waals surface area contributed by atoms with Gasteiger partial charge in [0.25, 0.3) is 0 Å². The summed E-state index contributed by atoms with van der Waals surface area (Å²) in [5.74, 6) is 0. The predicted molar refractivity (Wildman–Crippen MR) is 91.4 cm³/mol. The van der Waals surface area contributed by atoms with Crippen molar-refractivity contribution in [3.8, 4) is 0 Å². The summed E-state index contributed by atoms with van der Waals surface area (Å²) in [4.78, 5) is 6.66. The molecule has 2 aromatic rings. The number of nitrogens with zero attached hydrogens (tertiary/aromatic N) is 3. The summed E-state index contributed by atoms with van der Waals surface area (Å²) in [5, 5.41) is 0. The van der Waals surface area contributed by atoms with Gasteiger partial charge in [-0.05, 0) is 18.4 Å². The number of likely N-dealkylation sites (tertiary alicyclic amines) is 1. The molecular formula is C19H25N3O2. The molecule has 1 aromatic heterocycles. The van der Waals surface area contributed by atoms with Gasteiger partial charge >= 0.3 is 0 Å². The zero-order valence-corrected chi connectivity index (χ0v) is 14.2.